The lowest BCUT2D eigenvalue weighted by molar-refractivity contribution is 0.266. The van der Waals surface area contributed by atoms with Crippen LogP contribution < -0.4 is 10.0 Å². The fourth-order valence-electron chi connectivity index (χ4n) is 3.63. The van der Waals surface area contributed by atoms with Crippen LogP contribution in [0.4, 0.5) is 4.39 Å². The molecule has 0 aromatic heterocycles. The number of sulfonamides is 1. The second kappa shape index (κ2) is 11.8. The smallest absolute Gasteiger partial charge is 0.240 e. The fraction of sp³-hybridized carbons (Fsp3) is 0.409. The van der Waals surface area contributed by atoms with Crippen LogP contribution in [0.2, 0.25) is 0 Å². The van der Waals surface area contributed by atoms with Crippen molar-refractivity contribution >= 4 is 40.0 Å². The van der Waals surface area contributed by atoms with E-state index in [-0.39, 0.29) is 35.4 Å². The Morgan fingerprint density at radius 2 is 1.87 bits per heavy atom. The van der Waals surface area contributed by atoms with Crippen LogP contribution in [0.1, 0.15) is 30.9 Å². The summed E-state index contributed by atoms with van der Waals surface area (Å²) < 4.78 is 41.2. The lowest BCUT2D eigenvalue weighted by Gasteiger charge is -2.33. The van der Waals surface area contributed by atoms with E-state index >= 15 is 0 Å². The molecule has 2 N–H and O–H groups in total. The summed E-state index contributed by atoms with van der Waals surface area (Å²) in [6, 6.07) is 12.7. The van der Waals surface area contributed by atoms with Gasteiger partial charge in [-0.1, -0.05) is 31.2 Å². The first kappa shape index (κ1) is 25.5. The van der Waals surface area contributed by atoms with E-state index in [1.54, 1.807) is 37.4 Å². The Hall–Kier alpha value is -1.72. The number of benzene rings is 2. The molecule has 2 aromatic rings. The monoisotopic (exact) mass is 560 g/mol. The molecule has 6 nitrogen and oxygen atoms in total. The SMILES string of the molecule is CN=C(NCc1cccc(S(=O)(=O)NCc2cccc(F)c2)c1)N1CCCC(C)C1.I. The van der Waals surface area contributed by atoms with E-state index in [2.05, 4.69) is 26.9 Å². The zero-order valence-electron chi connectivity index (χ0n) is 17.8. The average Bonchev–Trinajstić information content (AvgIpc) is 2.73. The minimum absolute atomic E-state index is 0. The van der Waals surface area contributed by atoms with Crippen LogP contribution in [-0.2, 0) is 23.1 Å². The van der Waals surface area contributed by atoms with Gasteiger partial charge in [0.15, 0.2) is 5.96 Å². The molecule has 1 unspecified atom stereocenters. The maximum atomic E-state index is 13.3. The van der Waals surface area contributed by atoms with Gasteiger partial charge < -0.3 is 10.2 Å². The van der Waals surface area contributed by atoms with Crippen LogP contribution in [0.3, 0.4) is 0 Å². The summed E-state index contributed by atoms with van der Waals surface area (Å²) in [5.41, 5.74) is 1.41. The molecule has 0 aliphatic carbocycles. The maximum absolute atomic E-state index is 13.3. The van der Waals surface area contributed by atoms with Crippen LogP contribution in [0.5, 0.6) is 0 Å². The molecule has 9 heteroatoms. The van der Waals surface area contributed by atoms with Crippen molar-refractivity contribution in [2.45, 2.75) is 37.8 Å². The number of nitrogens with zero attached hydrogens (tertiary/aromatic N) is 2. The second-order valence-electron chi connectivity index (χ2n) is 7.70. The van der Waals surface area contributed by atoms with E-state index in [0.29, 0.717) is 18.0 Å². The number of rotatable bonds is 6. The molecule has 1 atom stereocenters. The molecule has 0 amide bonds. The molecule has 170 valence electrons. The molecule has 0 spiro atoms. The Morgan fingerprint density at radius 3 is 2.55 bits per heavy atom. The van der Waals surface area contributed by atoms with Gasteiger partial charge >= 0.3 is 0 Å². The summed E-state index contributed by atoms with van der Waals surface area (Å²) in [5.74, 6) is 1.07. The van der Waals surface area contributed by atoms with Gasteiger partial charge in [0.05, 0.1) is 4.90 Å². The highest BCUT2D eigenvalue weighted by Gasteiger charge is 2.19. The van der Waals surface area contributed by atoms with Crippen LogP contribution in [0.25, 0.3) is 0 Å². The minimum atomic E-state index is -3.71. The van der Waals surface area contributed by atoms with Gasteiger partial charge in [0.2, 0.25) is 10.0 Å². The molecule has 0 radical (unpaired) electrons. The summed E-state index contributed by atoms with van der Waals surface area (Å²) in [6.07, 6.45) is 2.38. The summed E-state index contributed by atoms with van der Waals surface area (Å²) in [5, 5.41) is 3.34. The highest BCUT2D eigenvalue weighted by atomic mass is 127. The van der Waals surface area contributed by atoms with E-state index in [9.17, 15) is 12.8 Å². The normalized spacial score (nSPS) is 17.2. The Kier molecular flexibility index (Phi) is 9.70. The average molecular weight is 560 g/mol. The largest absolute Gasteiger partial charge is 0.352 e. The van der Waals surface area contributed by atoms with Crippen molar-refractivity contribution in [3.8, 4) is 0 Å². The first-order valence-corrected chi connectivity index (χ1v) is 11.6. The van der Waals surface area contributed by atoms with E-state index in [1.807, 2.05) is 6.07 Å². The van der Waals surface area contributed by atoms with E-state index < -0.39 is 15.8 Å². The second-order valence-corrected chi connectivity index (χ2v) is 9.46. The van der Waals surface area contributed by atoms with Crippen LogP contribution in [0.15, 0.2) is 58.4 Å². The zero-order chi connectivity index (χ0) is 21.6. The third-order valence-corrected chi connectivity index (χ3v) is 6.58. The molecule has 1 saturated heterocycles. The molecule has 31 heavy (non-hydrogen) atoms. The predicted molar refractivity (Wildman–Crippen MR) is 132 cm³/mol. The standard InChI is InChI=1S/C22H29FN4O2S.HI/c1-17-6-5-11-27(16-17)22(24-2)25-14-19-8-4-10-21(13-19)30(28,29)26-15-18-7-3-9-20(23)12-18;/h3-4,7-10,12-13,17,26H,5-6,11,14-16H2,1-2H3,(H,24,25);1H. The predicted octanol–water partition coefficient (Wildman–Crippen LogP) is 3.73. The Labute approximate surface area is 201 Å². The number of aliphatic imine (C=N–C) groups is 1. The van der Waals surface area contributed by atoms with Gasteiger partial charge in [0.1, 0.15) is 5.82 Å². The molecular weight excluding hydrogens is 530 g/mol. The first-order chi connectivity index (χ1) is 14.4. The summed E-state index contributed by atoms with van der Waals surface area (Å²) in [6.45, 7) is 4.69. The zero-order valence-corrected chi connectivity index (χ0v) is 21.0. The Balaban J connectivity index is 0.00000341. The van der Waals surface area contributed by atoms with E-state index in [0.717, 1.165) is 31.0 Å². The van der Waals surface area contributed by atoms with E-state index in [4.69, 9.17) is 0 Å². The van der Waals surface area contributed by atoms with Gasteiger partial charge in [-0.15, -0.1) is 24.0 Å². The highest BCUT2D eigenvalue weighted by molar-refractivity contribution is 14.0. The van der Waals surface area contributed by atoms with Crippen molar-refractivity contribution in [2.24, 2.45) is 10.9 Å². The third kappa shape index (κ3) is 7.43. The van der Waals surface area contributed by atoms with Gasteiger partial charge in [0.25, 0.3) is 0 Å². The summed E-state index contributed by atoms with van der Waals surface area (Å²) in [4.78, 5) is 6.80. The highest BCUT2D eigenvalue weighted by Crippen LogP contribution is 2.16. The molecule has 1 fully saturated rings. The molecule has 1 aliphatic heterocycles. The molecule has 0 saturated carbocycles. The molecule has 0 bridgehead atoms. The molecular formula is C22H30FIN4O2S. The topological polar surface area (TPSA) is 73.8 Å². The number of hydrogen-bond acceptors (Lipinski definition) is 3. The van der Waals surface area contributed by atoms with Gasteiger partial charge in [-0.3, -0.25) is 4.99 Å². The van der Waals surface area contributed by atoms with Gasteiger partial charge in [0, 0.05) is 33.2 Å². The third-order valence-electron chi connectivity index (χ3n) is 5.18. The van der Waals surface area contributed by atoms with Crippen LogP contribution in [0, 0.1) is 11.7 Å². The van der Waals surface area contributed by atoms with Gasteiger partial charge in [-0.2, -0.15) is 0 Å². The Bertz CT molecular complexity index is 1000. The minimum Gasteiger partial charge on any atom is -0.352 e. The van der Waals surface area contributed by atoms with Crippen molar-refractivity contribution in [1.29, 1.82) is 0 Å². The summed E-state index contributed by atoms with van der Waals surface area (Å²) in [7, 11) is -1.94. The Morgan fingerprint density at radius 1 is 1.16 bits per heavy atom. The lowest BCUT2D eigenvalue weighted by atomic mass is 10.0. The molecule has 1 heterocycles. The number of piperidine rings is 1. The van der Waals surface area contributed by atoms with Crippen molar-refractivity contribution in [2.75, 3.05) is 20.1 Å². The van der Waals surface area contributed by atoms with Crippen molar-refractivity contribution in [3.05, 3.63) is 65.5 Å². The number of halogens is 2. The quantitative estimate of drug-likeness (QED) is 0.321. The summed E-state index contributed by atoms with van der Waals surface area (Å²) >= 11 is 0. The van der Waals surface area contributed by atoms with Crippen molar-refractivity contribution in [3.63, 3.8) is 0 Å². The molecule has 1 aliphatic rings. The molecule has 2 aromatic carbocycles. The van der Waals surface area contributed by atoms with Crippen LogP contribution in [-0.4, -0.2) is 39.4 Å². The lowest BCUT2D eigenvalue weighted by Crippen LogP contribution is -2.45. The number of likely N-dealkylation sites (tertiary alicyclic amines) is 1. The van der Waals surface area contributed by atoms with Gasteiger partial charge in [-0.25, -0.2) is 17.5 Å². The maximum Gasteiger partial charge on any atom is 0.240 e. The van der Waals surface area contributed by atoms with Crippen molar-refractivity contribution < 1.29 is 12.8 Å². The van der Waals surface area contributed by atoms with Gasteiger partial charge in [-0.05, 0) is 54.2 Å². The van der Waals surface area contributed by atoms with Crippen LogP contribution >= 0.6 is 24.0 Å². The van der Waals surface area contributed by atoms with Crippen molar-refractivity contribution in [1.82, 2.24) is 14.9 Å². The number of hydrogen-bond donors (Lipinski definition) is 2. The molecule has 3 rings (SSSR count). The van der Waals surface area contributed by atoms with E-state index in [1.165, 1.54) is 18.6 Å². The first-order valence-electron chi connectivity index (χ1n) is 10.2. The number of guanidine groups is 1. The fourth-order valence-corrected chi connectivity index (χ4v) is 4.71. The number of nitrogens with one attached hydrogen (secondary N) is 2.